The van der Waals surface area contributed by atoms with Crippen molar-refractivity contribution in [1.82, 2.24) is 19.7 Å². The summed E-state index contributed by atoms with van der Waals surface area (Å²) in [6.07, 6.45) is 0. The molecule has 0 N–H and O–H groups in total. The second kappa shape index (κ2) is 4.86. The maximum atomic E-state index is 12.7. The van der Waals surface area contributed by atoms with Gasteiger partial charge in [0.2, 0.25) is 0 Å². The first-order valence-corrected chi connectivity index (χ1v) is 6.76. The van der Waals surface area contributed by atoms with Crippen LogP contribution in [0.3, 0.4) is 0 Å². The van der Waals surface area contributed by atoms with Crippen LogP contribution in [-0.4, -0.2) is 51.9 Å². The van der Waals surface area contributed by atoms with Crippen LogP contribution in [0.2, 0.25) is 0 Å². The van der Waals surface area contributed by atoms with Crippen molar-refractivity contribution in [1.29, 1.82) is 0 Å². The average molecular weight is 274 g/mol. The Hall–Kier alpha value is -1.95. The van der Waals surface area contributed by atoms with E-state index in [1.807, 2.05) is 31.9 Å². The first kappa shape index (κ1) is 13.1. The van der Waals surface area contributed by atoms with E-state index in [4.69, 9.17) is 4.74 Å². The SMILES string of the molecule is Cc1cc(C(=O)N2CCOCC2)c2c(C)nn(C)c2n1. The predicted molar refractivity (Wildman–Crippen MR) is 74.7 cm³/mol. The molecule has 2 aromatic rings. The van der Waals surface area contributed by atoms with Gasteiger partial charge < -0.3 is 9.64 Å². The molecule has 0 unspecified atom stereocenters. The molecule has 1 saturated heterocycles. The lowest BCUT2D eigenvalue weighted by Gasteiger charge is -2.27. The summed E-state index contributed by atoms with van der Waals surface area (Å²) in [7, 11) is 1.85. The van der Waals surface area contributed by atoms with Crippen molar-refractivity contribution < 1.29 is 9.53 Å². The summed E-state index contributed by atoms with van der Waals surface area (Å²) < 4.78 is 7.03. The lowest BCUT2D eigenvalue weighted by Crippen LogP contribution is -2.40. The number of carbonyl (C=O) groups is 1. The number of carbonyl (C=O) groups excluding carboxylic acids is 1. The molecule has 6 heteroatoms. The molecule has 1 amide bonds. The number of pyridine rings is 1. The summed E-state index contributed by atoms with van der Waals surface area (Å²) >= 11 is 0. The quantitative estimate of drug-likeness (QED) is 0.780. The number of nitrogens with zero attached hydrogens (tertiary/aromatic N) is 4. The Morgan fingerprint density at radius 3 is 2.70 bits per heavy atom. The zero-order chi connectivity index (χ0) is 14.3. The van der Waals surface area contributed by atoms with E-state index in [1.165, 1.54) is 0 Å². The van der Waals surface area contributed by atoms with Crippen LogP contribution in [0.1, 0.15) is 21.7 Å². The molecule has 0 aromatic carbocycles. The number of amides is 1. The van der Waals surface area contributed by atoms with E-state index in [2.05, 4.69) is 10.1 Å². The molecule has 0 saturated carbocycles. The van der Waals surface area contributed by atoms with E-state index < -0.39 is 0 Å². The average Bonchev–Trinajstić information content (AvgIpc) is 2.73. The number of hydrogen-bond acceptors (Lipinski definition) is 4. The lowest BCUT2D eigenvalue weighted by atomic mass is 10.1. The molecular formula is C14H18N4O2. The fourth-order valence-corrected chi connectivity index (χ4v) is 2.68. The van der Waals surface area contributed by atoms with Crippen molar-refractivity contribution in [2.45, 2.75) is 13.8 Å². The van der Waals surface area contributed by atoms with Crippen molar-refractivity contribution >= 4 is 16.9 Å². The highest BCUT2D eigenvalue weighted by Crippen LogP contribution is 2.23. The lowest BCUT2D eigenvalue weighted by molar-refractivity contribution is 0.0304. The van der Waals surface area contributed by atoms with E-state index in [-0.39, 0.29) is 5.91 Å². The van der Waals surface area contributed by atoms with Gasteiger partial charge in [-0.2, -0.15) is 5.10 Å². The number of rotatable bonds is 1. The number of morpholine rings is 1. The van der Waals surface area contributed by atoms with Crippen molar-refractivity contribution in [3.63, 3.8) is 0 Å². The number of fused-ring (bicyclic) bond motifs is 1. The molecule has 2 aromatic heterocycles. The Kier molecular flexibility index (Phi) is 3.17. The molecule has 0 bridgehead atoms. The molecule has 106 valence electrons. The second-order valence-corrected chi connectivity index (χ2v) is 5.12. The Bertz CT molecular complexity index is 671. The Morgan fingerprint density at radius 1 is 1.30 bits per heavy atom. The topological polar surface area (TPSA) is 60.3 Å². The molecule has 0 radical (unpaired) electrons. The highest BCUT2D eigenvalue weighted by molar-refractivity contribution is 6.06. The molecule has 1 fully saturated rings. The van der Waals surface area contributed by atoms with Gasteiger partial charge in [0, 0.05) is 25.8 Å². The van der Waals surface area contributed by atoms with Gasteiger partial charge in [0.05, 0.1) is 29.9 Å². The normalized spacial score (nSPS) is 15.8. The fourth-order valence-electron chi connectivity index (χ4n) is 2.68. The number of aromatic nitrogens is 3. The summed E-state index contributed by atoms with van der Waals surface area (Å²) in [6.45, 7) is 6.30. The van der Waals surface area contributed by atoms with E-state index in [0.29, 0.717) is 31.9 Å². The van der Waals surface area contributed by atoms with Gasteiger partial charge in [-0.05, 0) is 19.9 Å². The van der Waals surface area contributed by atoms with E-state index in [1.54, 1.807) is 4.68 Å². The van der Waals surface area contributed by atoms with Crippen LogP contribution in [0, 0.1) is 13.8 Å². The van der Waals surface area contributed by atoms with Gasteiger partial charge in [-0.3, -0.25) is 9.48 Å². The third-order valence-corrected chi connectivity index (χ3v) is 3.63. The van der Waals surface area contributed by atoms with Crippen LogP contribution >= 0.6 is 0 Å². The van der Waals surface area contributed by atoms with Crippen LogP contribution in [0.15, 0.2) is 6.07 Å². The van der Waals surface area contributed by atoms with Crippen LogP contribution in [-0.2, 0) is 11.8 Å². The largest absolute Gasteiger partial charge is 0.378 e. The molecule has 3 rings (SSSR count). The summed E-state index contributed by atoms with van der Waals surface area (Å²) in [5.41, 5.74) is 3.13. The molecule has 0 spiro atoms. The fraction of sp³-hybridized carbons (Fsp3) is 0.500. The number of aryl methyl sites for hydroxylation is 3. The zero-order valence-corrected chi connectivity index (χ0v) is 12.0. The Balaban J connectivity index is 2.12. The highest BCUT2D eigenvalue weighted by atomic mass is 16.5. The monoisotopic (exact) mass is 274 g/mol. The van der Waals surface area contributed by atoms with Crippen LogP contribution in [0.5, 0.6) is 0 Å². The maximum absolute atomic E-state index is 12.7. The van der Waals surface area contributed by atoms with E-state index in [0.717, 1.165) is 22.4 Å². The van der Waals surface area contributed by atoms with Crippen LogP contribution in [0.4, 0.5) is 0 Å². The van der Waals surface area contributed by atoms with E-state index in [9.17, 15) is 4.79 Å². The van der Waals surface area contributed by atoms with Crippen molar-refractivity contribution in [2.24, 2.45) is 7.05 Å². The van der Waals surface area contributed by atoms with Gasteiger partial charge in [-0.15, -0.1) is 0 Å². The molecule has 6 nitrogen and oxygen atoms in total. The van der Waals surface area contributed by atoms with Crippen LogP contribution in [0.25, 0.3) is 11.0 Å². The smallest absolute Gasteiger partial charge is 0.254 e. The molecule has 0 atom stereocenters. The van der Waals surface area contributed by atoms with E-state index >= 15 is 0 Å². The molecular weight excluding hydrogens is 256 g/mol. The standard InChI is InChI=1S/C14H18N4O2/c1-9-8-11(14(19)18-4-6-20-7-5-18)12-10(2)16-17(3)13(12)15-9/h8H,4-7H2,1-3H3. The minimum Gasteiger partial charge on any atom is -0.378 e. The van der Waals surface area contributed by atoms with Crippen molar-refractivity contribution in [3.8, 4) is 0 Å². The minimum atomic E-state index is 0.0416. The first-order chi connectivity index (χ1) is 9.58. The highest BCUT2D eigenvalue weighted by Gasteiger charge is 2.23. The van der Waals surface area contributed by atoms with Gasteiger partial charge in [-0.1, -0.05) is 0 Å². The third kappa shape index (κ3) is 2.06. The molecule has 1 aliphatic rings. The van der Waals surface area contributed by atoms with Gasteiger partial charge in [0.15, 0.2) is 5.65 Å². The summed E-state index contributed by atoms with van der Waals surface area (Å²) in [5, 5.41) is 5.23. The summed E-state index contributed by atoms with van der Waals surface area (Å²) in [5.74, 6) is 0.0416. The van der Waals surface area contributed by atoms with Gasteiger partial charge in [0.1, 0.15) is 0 Å². The van der Waals surface area contributed by atoms with Crippen LogP contribution < -0.4 is 0 Å². The summed E-state index contributed by atoms with van der Waals surface area (Å²) in [4.78, 5) is 19.1. The maximum Gasteiger partial charge on any atom is 0.254 e. The minimum absolute atomic E-state index is 0.0416. The van der Waals surface area contributed by atoms with Gasteiger partial charge in [0.25, 0.3) is 5.91 Å². The zero-order valence-electron chi connectivity index (χ0n) is 12.0. The van der Waals surface area contributed by atoms with Crippen molar-refractivity contribution in [2.75, 3.05) is 26.3 Å². The summed E-state index contributed by atoms with van der Waals surface area (Å²) in [6, 6.07) is 1.86. The van der Waals surface area contributed by atoms with Crippen molar-refractivity contribution in [3.05, 3.63) is 23.0 Å². The first-order valence-electron chi connectivity index (χ1n) is 6.76. The molecule has 0 aliphatic carbocycles. The Morgan fingerprint density at radius 2 is 2.00 bits per heavy atom. The van der Waals surface area contributed by atoms with Gasteiger partial charge in [-0.25, -0.2) is 4.98 Å². The number of ether oxygens (including phenoxy) is 1. The number of hydrogen-bond donors (Lipinski definition) is 0. The van der Waals surface area contributed by atoms with Gasteiger partial charge >= 0.3 is 0 Å². The Labute approximate surface area is 117 Å². The molecule has 20 heavy (non-hydrogen) atoms. The predicted octanol–water partition coefficient (Wildman–Crippen LogP) is 1.06. The molecule has 3 heterocycles. The molecule has 1 aliphatic heterocycles. The second-order valence-electron chi connectivity index (χ2n) is 5.12. The third-order valence-electron chi connectivity index (χ3n) is 3.63.